The quantitative estimate of drug-likeness (QED) is 0.619. The molecule has 0 saturated carbocycles. The molecule has 0 saturated heterocycles. The van der Waals surface area contributed by atoms with Gasteiger partial charge in [-0.05, 0) is 20.8 Å². The van der Waals surface area contributed by atoms with Crippen LogP contribution in [-0.2, 0) is 28.6 Å². The van der Waals surface area contributed by atoms with Crippen molar-refractivity contribution in [1.82, 2.24) is 0 Å². The fourth-order valence-electron chi connectivity index (χ4n) is 2.09. The van der Waals surface area contributed by atoms with Gasteiger partial charge in [-0.3, -0.25) is 4.18 Å². The maximum Gasteiger partial charge on any atom is 0.423 e. The van der Waals surface area contributed by atoms with Crippen LogP contribution in [0.2, 0.25) is 0 Å². The number of alkyl halides is 3. The van der Waals surface area contributed by atoms with Crippen LogP contribution in [0.5, 0.6) is 0 Å². The summed E-state index contributed by atoms with van der Waals surface area (Å²) < 4.78 is 94.2. The van der Waals surface area contributed by atoms with Gasteiger partial charge < -0.3 is 0 Å². The molecule has 0 aromatic heterocycles. The molecule has 2 rings (SSSR count). The fraction of sp³-hybridized carbons (Fsp3) is 0.750. The van der Waals surface area contributed by atoms with Gasteiger partial charge in [-0.1, -0.05) is 0 Å². The van der Waals surface area contributed by atoms with Crippen LogP contribution in [0, 0.1) is 0 Å². The molecule has 0 fully saturated rings. The fourth-order valence-corrected chi connectivity index (χ4v) is 6.39. The topological polar surface area (TPSA) is 86.7 Å². The van der Waals surface area contributed by atoms with E-state index in [1.807, 2.05) is 0 Å². The number of hydrogen-bond acceptors (Lipinski definition) is 6. The first-order chi connectivity index (χ1) is 8.15. The summed E-state index contributed by atoms with van der Waals surface area (Å²) in [4.78, 5) is -2.39. The summed E-state index contributed by atoms with van der Waals surface area (Å²) in [5.41, 5.74) is -5.40. The Morgan fingerprint density at radius 1 is 0.895 bits per heavy atom. The second kappa shape index (κ2) is 3.32. The van der Waals surface area contributed by atoms with E-state index in [4.69, 9.17) is 0 Å². The third kappa shape index (κ3) is 1.75. The molecule has 0 aromatic carbocycles. The second-order valence-corrected chi connectivity index (χ2v) is 7.74. The predicted molar refractivity (Wildman–Crippen MR) is 55.6 cm³/mol. The van der Waals surface area contributed by atoms with Crippen molar-refractivity contribution in [2.24, 2.45) is 0 Å². The van der Waals surface area contributed by atoms with E-state index in [0.29, 0.717) is 6.92 Å². The van der Waals surface area contributed by atoms with Crippen LogP contribution < -0.4 is 0 Å². The van der Waals surface area contributed by atoms with Crippen molar-refractivity contribution >= 4 is 20.2 Å². The highest BCUT2D eigenvalue weighted by atomic mass is 32.2. The molecule has 110 valence electrons. The Balaban J connectivity index is 2.91. The first-order valence-corrected chi connectivity index (χ1v) is 7.70. The maximum absolute atomic E-state index is 13.0. The lowest BCUT2D eigenvalue weighted by molar-refractivity contribution is -0.220. The highest BCUT2D eigenvalue weighted by molar-refractivity contribution is 7.96. The Bertz CT molecular complexity index is 672. The average molecular weight is 322 g/mol. The SMILES string of the molecule is CC1(C)OS(=O)(=O)C2=C1S(=O)(=O)OC2(C)C(F)(F)F. The van der Waals surface area contributed by atoms with Crippen LogP contribution >= 0.6 is 0 Å². The Kier molecular flexibility index (Phi) is 2.58. The van der Waals surface area contributed by atoms with E-state index < -0.39 is 47.4 Å². The monoisotopic (exact) mass is 322 g/mol. The molecule has 2 aliphatic heterocycles. The van der Waals surface area contributed by atoms with Crippen molar-refractivity contribution < 1.29 is 38.4 Å². The summed E-state index contributed by atoms with van der Waals surface area (Å²) in [6, 6.07) is 0. The zero-order valence-corrected chi connectivity index (χ0v) is 11.5. The van der Waals surface area contributed by atoms with Gasteiger partial charge in [0.1, 0.15) is 15.4 Å². The minimum Gasteiger partial charge on any atom is -0.255 e. The Morgan fingerprint density at radius 3 is 1.74 bits per heavy atom. The standard InChI is InChI=1S/C8H9F3O6S2/c1-6(2)4-5(19(14,15)16-6)7(3,8(9,10)11)17-18(4,12)13/h1-3H3. The Morgan fingerprint density at radius 2 is 1.32 bits per heavy atom. The van der Waals surface area contributed by atoms with Gasteiger partial charge in [0, 0.05) is 0 Å². The molecular weight excluding hydrogens is 313 g/mol. The largest absolute Gasteiger partial charge is 0.423 e. The summed E-state index contributed by atoms with van der Waals surface area (Å²) in [5.74, 6) is 0. The molecule has 0 aromatic rings. The highest BCUT2D eigenvalue weighted by Crippen LogP contribution is 2.56. The summed E-state index contributed by atoms with van der Waals surface area (Å²) in [7, 11) is -9.68. The predicted octanol–water partition coefficient (Wildman–Crippen LogP) is 1.02. The van der Waals surface area contributed by atoms with Crippen molar-refractivity contribution in [2.75, 3.05) is 0 Å². The van der Waals surface area contributed by atoms with E-state index in [1.54, 1.807) is 0 Å². The van der Waals surface area contributed by atoms with Crippen molar-refractivity contribution in [1.29, 1.82) is 0 Å². The zero-order chi connectivity index (χ0) is 15.1. The number of rotatable bonds is 0. The van der Waals surface area contributed by atoms with Gasteiger partial charge >= 0.3 is 6.18 Å². The van der Waals surface area contributed by atoms with Crippen LogP contribution in [0.15, 0.2) is 9.81 Å². The van der Waals surface area contributed by atoms with E-state index in [0.717, 1.165) is 13.8 Å². The average Bonchev–Trinajstić information content (AvgIpc) is 2.41. The van der Waals surface area contributed by atoms with Crippen LogP contribution in [0.4, 0.5) is 13.2 Å². The normalized spacial score (nSPS) is 35.5. The van der Waals surface area contributed by atoms with Gasteiger partial charge in [-0.25, -0.2) is 4.18 Å². The first kappa shape index (κ1) is 14.8. The van der Waals surface area contributed by atoms with Crippen LogP contribution in [0.1, 0.15) is 20.8 Å². The second-order valence-electron chi connectivity index (χ2n) is 4.77. The number of hydrogen-bond donors (Lipinski definition) is 0. The molecule has 0 bridgehead atoms. The Labute approximate surface area is 107 Å². The minimum absolute atomic E-state index is 0.342. The molecule has 1 unspecified atom stereocenters. The molecule has 11 heteroatoms. The molecule has 19 heavy (non-hydrogen) atoms. The van der Waals surface area contributed by atoms with Crippen LogP contribution in [0.3, 0.4) is 0 Å². The van der Waals surface area contributed by atoms with Crippen LogP contribution in [0.25, 0.3) is 0 Å². The molecule has 0 N–H and O–H groups in total. The smallest absolute Gasteiger partial charge is 0.255 e. The van der Waals surface area contributed by atoms with Gasteiger partial charge in [0.25, 0.3) is 20.2 Å². The number of halogens is 3. The van der Waals surface area contributed by atoms with Crippen molar-refractivity contribution in [3.8, 4) is 0 Å². The summed E-state index contributed by atoms with van der Waals surface area (Å²) >= 11 is 0. The molecule has 2 heterocycles. The summed E-state index contributed by atoms with van der Waals surface area (Å²) in [5, 5.41) is 0. The van der Waals surface area contributed by atoms with Gasteiger partial charge in [-0.15, -0.1) is 0 Å². The third-order valence-electron chi connectivity index (χ3n) is 2.82. The van der Waals surface area contributed by atoms with E-state index in [2.05, 4.69) is 8.37 Å². The van der Waals surface area contributed by atoms with E-state index in [-0.39, 0.29) is 0 Å². The van der Waals surface area contributed by atoms with Gasteiger partial charge in [0.15, 0.2) is 0 Å². The molecular formula is C8H9F3O6S2. The third-order valence-corrected chi connectivity index (χ3v) is 6.43. The lowest BCUT2D eigenvalue weighted by Gasteiger charge is -2.27. The van der Waals surface area contributed by atoms with Gasteiger partial charge in [0.05, 0.1) is 0 Å². The molecule has 6 nitrogen and oxygen atoms in total. The molecule has 1 atom stereocenters. The van der Waals surface area contributed by atoms with Crippen molar-refractivity contribution in [3.63, 3.8) is 0 Å². The molecule has 0 radical (unpaired) electrons. The summed E-state index contributed by atoms with van der Waals surface area (Å²) in [6.07, 6.45) is -5.23. The summed E-state index contributed by atoms with van der Waals surface area (Å²) in [6.45, 7) is 2.42. The van der Waals surface area contributed by atoms with Crippen molar-refractivity contribution in [3.05, 3.63) is 9.81 Å². The zero-order valence-electron chi connectivity index (χ0n) is 9.90. The lowest BCUT2D eigenvalue weighted by Crippen LogP contribution is -2.46. The van der Waals surface area contributed by atoms with E-state index in [1.165, 1.54) is 0 Å². The molecule has 0 aliphatic carbocycles. The minimum atomic E-state index is -5.23. The van der Waals surface area contributed by atoms with E-state index in [9.17, 15) is 30.0 Å². The van der Waals surface area contributed by atoms with Crippen molar-refractivity contribution in [2.45, 2.75) is 38.1 Å². The molecule has 0 amide bonds. The van der Waals surface area contributed by atoms with E-state index >= 15 is 0 Å². The Hall–Kier alpha value is -0.650. The highest BCUT2D eigenvalue weighted by Gasteiger charge is 2.72. The maximum atomic E-state index is 13.0. The lowest BCUT2D eigenvalue weighted by atomic mass is 10.0. The van der Waals surface area contributed by atoms with Gasteiger partial charge in [0.2, 0.25) is 5.60 Å². The molecule has 2 aliphatic rings. The molecule has 0 spiro atoms. The van der Waals surface area contributed by atoms with Crippen LogP contribution in [-0.4, -0.2) is 34.2 Å². The van der Waals surface area contributed by atoms with Gasteiger partial charge in [-0.2, -0.15) is 30.0 Å². The first-order valence-electron chi connectivity index (χ1n) is 4.88.